The summed E-state index contributed by atoms with van der Waals surface area (Å²) in [4.78, 5) is 0. The molecular formula is C12H14FNO. The van der Waals surface area contributed by atoms with Crippen LogP contribution in [0.25, 0.3) is 5.52 Å². The standard InChI is InChI=1S/C12H14FNO/c1-3-9-5-7-12-11(13)6-4-10(8-15-2)14(9)12/h4-7H,3,8H2,1-2H3. The normalized spacial score (nSPS) is 11.1. The van der Waals surface area contributed by atoms with Gasteiger partial charge in [0.05, 0.1) is 12.1 Å². The first-order chi connectivity index (χ1) is 7.27. The molecule has 0 bridgehead atoms. The number of halogens is 1. The average molecular weight is 207 g/mol. The van der Waals surface area contributed by atoms with E-state index in [0.717, 1.165) is 17.8 Å². The third kappa shape index (κ3) is 1.63. The van der Waals surface area contributed by atoms with Gasteiger partial charge in [0.25, 0.3) is 0 Å². The van der Waals surface area contributed by atoms with Gasteiger partial charge in [0, 0.05) is 18.5 Å². The van der Waals surface area contributed by atoms with Crippen LogP contribution >= 0.6 is 0 Å². The van der Waals surface area contributed by atoms with E-state index in [9.17, 15) is 4.39 Å². The second-order valence-electron chi connectivity index (χ2n) is 3.50. The number of fused-ring (bicyclic) bond motifs is 1. The lowest BCUT2D eigenvalue weighted by atomic mass is 10.3. The van der Waals surface area contributed by atoms with Crippen LogP contribution in [0.1, 0.15) is 18.3 Å². The fraction of sp³-hybridized carbons (Fsp3) is 0.333. The molecule has 2 rings (SSSR count). The summed E-state index contributed by atoms with van der Waals surface area (Å²) in [6.45, 7) is 2.56. The quantitative estimate of drug-likeness (QED) is 0.754. The minimum atomic E-state index is -0.186. The highest BCUT2D eigenvalue weighted by atomic mass is 19.1. The molecule has 0 aromatic carbocycles. The van der Waals surface area contributed by atoms with Gasteiger partial charge >= 0.3 is 0 Å². The Bertz CT molecular complexity index is 476. The summed E-state index contributed by atoms with van der Waals surface area (Å²) in [6.07, 6.45) is 0.883. The highest BCUT2D eigenvalue weighted by Crippen LogP contribution is 2.18. The van der Waals surface area contributed by atoms with Crippen molar-refractivity contribution in [3.8, 4) is 0 Å². The molecule has 0 amide bonds. The summed E-state index contributed by atoms with van der Waals surface area (Å²) in [6, 6.07) is 7.03. The molecule has 0 saturated heterocycles. The fourth-order valence-corrected chi connectivity index (χ4v) is 1.87. The number of aromatic nitrogens is 1. The van der Waals surface area contributed by atoms with Gasteiger partial charge in [0.15, 0.2) is 0 Å². The van der Waals surface area contributed by atoms with Gasteiger partial charge in [-0.25, -0.2) is 4.39 Å². The monoisotopic (exact) mass is 207 g/mol. The lowest BCUT2D eigenvalue weighted by molar-refractivity contribution is 0.180. The Morgan fingerprint density at radius 1 is 1.20 bits per heavy atom. The molecule has 0 N–H and O–H groups in total. The molecule has 2 aromatic heterocycles. The number of ether oxygens (including phenoxy) is 1. The number of pyridine rings is 1. The van der Waals surface area contributed by atoms with Crippen molar-refractivity contribution in [1.82, 2.24) is 4.40 Å². The number of methoxy groups -OCH3 is 1. The number of rotatable bonds is 3. The molecule has 80 valence electrons. The Kier molecular flexibility index (Phi) is 2.73. The van der Waals surface area contributed by atoms with E-state index in [1.54, 1.807) is 13.2 Å². The zero-order chi connectivity index (χ0) is 10.8. The maximum atomic E-state index is 13.5. The van der Waals surface area contributed by atoms with Crippen molar-refractivity contribution in [3.63, 3.8) is 0 Å². The Morgan fingerprint density at radius 2 is 1.93 bits per heavy atom. The van der Waals surface area contributed by atoms with Crippen LogP contribution in [0.3, 0.4) is 0 Å². The smallest absolute Gasteiger partial charge is 0.147 e. The molecule has 0 aliphatic carbocycles. The van der Waals surface area contributed by atoms with Gasteiger partial charge in [0.2, 0.25) is 0 Å². The van der Waals surface area contributed by atoms with Crippen molar-refractivity contribution in [3.05, 3.63) is 41.5 Å². The fourth-order valence-electron chi connectivity index (χ4n) is 1.87. The number of aryl methyl sites for hydroxylation is 1. The maximum Gasteiger partial charge on any atom is 0.147 e. The van der Waals surface area contributed by atoms with Crippen molar-refractivity contribution in [2.45, 2.75) is 20.0 Å². The molecule has 0 radical (unpaired) electrons. The molecule has 15 heavy (non-hydrogen) atoms. The lowest BCUT2D eigenvalue weighted by Gasteiger charge is -2.08. The molecule has 0 unspecified atom stereocenters. The van der Waals surface area contributed by atoms with Gasteiger partial charge < -0.3 is 9.14 Å². The summed E-state index contributed by atoms with van der Waals surface area (Å²) in [5.74, 6) is -0.186. The SMILES string of the molecule is CCc1ccc2c(F)ccc(COC)n12. The minimum absolute atomic E-state index is 0.186. The number of hydrogen-bond acceptors (Lipinski definition) is 1. The predicted molar refractivity (Wildman–Crippen MR) is 57.4 cm³/mol. The largest absolute Gasteiger partial charge is 0.378 e. The van der Waals surface area contributed by atoms with Gasteiger partial charge in [-0.3, -0.25) is 0 Å². The van der Waals surface area contributed by atoms with Crippen LogP contribution in [0.15, 0.2) is 24.3 Å². The molecule has 0 atom stereocenters. The Balaban J connectivity index is 2.69. The maximum absolute atomic E-state index is 13.5. The van der Waals surface area contributed by atoms with Crippen LogP contribution in [0, 0.1) is 5.82 Å². The molecule has 0 spiro atoms. The number of nitrogens with zero attached hydrogens (tertiary/aromatic N) is 1. The Labute approximate surface area is 88.3 Å². The van der Waals surface area contributed by atoms with Crippen LogP contribution in [-0.2, 0) is 17.8 Å². The van der Waals surface area contributed by atoms with Crippen LogP contribution in [-0.4, -0.2) is 11.5 Å². The van der Waals surface area contributed by atoms with Gasteiger partial charge in [0.1, 0.15) is 5.82 Å². The van der Waals surface area contributed by atoms with E-state index >= 15 is 0 Å². The third-order valence-corrected chi connectivity index (χ3v) is 2.57. The first kappa shape index (κ1) is 10.2. The van der Waals surface area contributed by atoms with Crippen LogP contribution in [0.5, 0.6) is 0 Å². The first-order valence-corrected chi connectivity index (χ1v) is 5.04. The van der Waals surface area contributed by atoms with E-state index in [1.807, 2.05) is 16.5 Å². The highest BCUT2D eigenvalue weighted by Gasteiger charge is 2.08. The van der Waals surface area contributed by atoms with Crippen molar-refractivity contribution in [2.24, 2.45) is 0 Å². The van der Waals surface area contributed by atoms with Gasteiger partial charge in [-0.2, -0.15) is 0 Å². The van der Waals surface area contributed by atoms with Crippen LogP contribution < -0.4 is 0 Å². The molecule has 3 heteroatoms. The minimum Gasteiger partial charge on any atom is -0.378 e. The van der Waals surface area contributed by atoms with Gasteiger partial charge in [-0.1, -0.05) is 6.92 Å². The van der Waals surface area contributed by atoms with Gasteiger partial charge in [-0.05, 0) is 30.7 Å². The molecular weight excluding hydrogens is 193 g/mol. The van der Waals surface area contributed by atoms with Crippen molar-refractivity contribution >= 4 is 5.52 Å². The predicted octanol–water partition coefficient (Wildman–Crippen LogP) is 2.79. The second-order valence-corrected chi connectivity index (χ2v) is 3.50. The first-order valence-electron chi connectivity index (χ1n) is 5.04. The molecule has 2 nitrogen and oxygen atoms in total. The second kappa shape index (κ2) is 4.03. The summed E-state index contributed by atoms with van der Waals surface area (Å²) in [5, 5.41) is 0. The lowest BCUT2D eigenvalue weighted by Crippen LogP contribution is -2.02. The number of hydrogen-bond donors (Lipinski definition) is 0. The highest BCUT2D eigenvalue weighted by molar-refractivity contribution is 5.52. The summed E-state index contributed by atoms with van der Waals surface area (Å²) >= 11 is 0. The van der Waals surface area contributed by atoms with Gasteiger partial charge in [-0.15, -0.1) is 0 Å². The molecule has 0 aliphatic heterocycles. The van der Waals surface area contributed by atoms with E-state index in [4.69, 9.17) is 4.74 Å². The molecule has 0 fully saturated rings. The van der Waals surface area contributed by atoms with Crippen molar-refractivity contribution in [2.75, 3.05) is 7.11 Å². The average Bonchev–Trinajstić information content (AvgIpc) is 2.67. The van der Waals surface area contributed by atoms with Crippen LogP contribution in [0.4, 0.5) is 4.39 Å². The summed E-state index contributed by atoms with van der Waals surface area (Å²) < 4.78 is 20.5. The zero-order valence-electron chi connectivity index (χ0n) is 8.96. The van der Waals surface area contributed by atoms with E-state index in [-0.39, 0.29) is 5.82 Å². The summed E-state index contributed by atoms with van der Waals surface area (Å²) in [5.41, 5.74) is 2.72. The third-order valence-electron chi connectivity index (χ3n) is 2.57. The zero-order valence-corrected chi connectivity index (χ0v) is 8.96. The Morgan fingerprint density at radius 3 is 2.60 bits per heavy atom. The topological polar surface area (TPSA) is 13.6 Å². The van der Waals surface area contributed by atoms with E-state index in [0.29, 0.717) is 12.1 Å². The van der Waals surface area contributed by atoms with E-state index in [1.165, 1.54) is 6.07 Å². The van der Waals surface area contributed by atoms with Crippen molar-refractivity contribution < 1.29 is 9.13 Å². The molecule has 0 saturated carbocycles. The van der Waals surface area contributed by atoms with E-state index < -0.39 is 0 Å². The Hall–Kier alpha value is -1.35. The van der Waals surface area contributed by atoms with Crippen LogP contribution in [0.2, 0.25) is 0 Å². The molecule has 2 heterocycles. The van der Waals surface area contributed by atoms with Crippen molar-refractivity contribution in [1.29, 1.82) is 0 Å². The van der Waals surface area contributed by atoms with E-state index in [2.05, 4.69) is 6.92 Å². The molecule has 2 aromatic rings. The summed E-state index contributed by atoms with van der Waals surface area (Å²) in [7, 11) is 1.64. The molecule has 0 aliphatic rings.